The van der Waals surface area contributed by atoms with Gasteiger partial charge in [0.15, 0.2) is 5.82 Å². The number of amides is 2. The van der Waals surface area contributed by atoms with E-state index in [1.54, 1.807) is 11.0 Å². The predicted octanol–water partition coefficient (Wildman–Crippen LogP) is -0.648. The molecule has 0 aliphatic carbocycles. The third-order valence-electron chi connectivity index (χ3n) is 2.88. The zero-order chi connectivity index (χ0) is 14.0. The second kappa shape index (κ2) is 5.27. The molecular formula is C11H13N5O2S. The Morgan fingerprint density at radius 3 is 3.00 bits per heavy atom. The van der Waals surface area contributed by atoms with E-state index in [0.29, 0.717) is 17.8 Å². The van der Waals surface area contributed by atoms with Crippen molar-refractivity contribution in [2.24, 2.45) is 5.73 Å². The molecule has 1 aliphatic heterocycles. The fourth-order valence-electron chi connectivity index (χ4n) is 2.02. The summed E-state index contributed by atoms with van der Waals surface area (Å²) < 4.78 is 0. The lowest BCUT2D eigenvalue weighted by atomic mass is 10.1. The van der Waals surface area contributed by atoms with Gasteiger partial charge in [-0.3, -0.25) is 14.9 Å². The number of aromatic nitrogens is 2. The Balaban J connectivity index is 2.46. The highest BCUT2D eigenvalue weighted by Gasteiger charge is 2.34. The van der Waals surface area contributed by atoms with Crippen molar-refractivity contribution in [3.63, 3.8) is 0 Å². The van der Waals surface area contributed by atoms with E-state index in [9.17, 15) is 9.59 Å². The van der Waals surface area contributed by atoms with Crippen LogP contribution in [0.5, 0.6) is 0 Å². The van der Waals surface area contributed by atoms with E-state index in [0.717, 1.165) is 0 Å². The first-order valence-electron chi connectivity index (χ1n) is 5.76. The fraction of sp³-hybridized carbons (Fsp3) is 0.364. The molecule has 1 saturated heterocycles. The molecule has 2 heterocycles. The van der Waals surface area contributed by atoms with Gasteiger partial charge in [0.25, 0.3) is 0 Å². The highest BCUT2D eigenvalue weighted by Crippen LogP contribution is 2.21. The van der Waals surface area contributed by atoms with Gasteiger partial charge in [-0.25, -0.2) is 0 Å². The quantitative estimate of drug-likeness (QED) is 0.560. The van der Waals surface area contributed by atoms with Gasteiger partial charge in [0.2, 0.25) is 11.8 Å². The second-order valence-corrected chi connectivity index (χ2v) is 4.54. The van der Waals surface area contributed by atoms with Crippen LogP contribution in [0.4, 0.5) is 5.82 Å². The maximum absolute atomic E-state index is 11.8. The van der Waals surface area contributed by atoms with Gasteiger partial charge in [-0.05, 0) is 12.5 Å². The zero-order valence-corrected chi connectivity index (χ0v) is 11.1. The molecule has 1 atom stereocenters. The number of hydrogen-bond acceptors (Lipinski definition) is 6. The molecule has 0 saturated carbocycles. The Hall–Kier alpha value is -2.09. The Labute approximate surface area is 115 Å². The molecule has 8 heteroatoms. The Kier molecular flexibility index (Phi) is 3.70. The third kappa shape index (κ3) is 2.53. The normalized spacial score (nSPS) is 19.2. The lowest BCUT2D eigenvalue weighted by molar-refractivity contribution is -0.132. The minimum atomic E-state index is -0.484. The molecule has 0 radical (unpaired) electrons. The summed E-state index contributed by atoms with van der Waals surface area (Å²) in [5, 5.41) is 10.0. The number of thiocarbonyl (C=S) groups is 1. The molecular weight excluding hydrogens is 266 g/mol. The molecule has 0 bridgehead atoms. The van der Waals surface area contributed by atoms with Crippen molar-refractivity contribution < 1.29 is 9.59 Å². The van der Waals surface area contributed by atoms with E-state index in [-0.39, 0.29) is 23.3 Å². The van der Waals surface area contributed by atoms with E-state index in [1.807, 2.05) is 6.92 Å². The number of nitrogens with two attached hydrogens (primary N) is 1. The van der Waals surface area contributed by atoms with E-state index >= 15 is 0 Å². The maximum Gasteiger partial charge on any atom is 0.249 e. The van der Waals surface area contributed by atoms with Gasteiger partial charge >= 0.3 is 0 Å². The van der Waals surface area contributed by atoms with Crippen LogP contribution in [0.25, 0.3) is 0 Å². The number of carbonyl (C=O) groups excluding carboxylic acids is 2. The van der Waals surface area contributed by atoms with Crippen LogP contribution in [0.1, 0.15) is 18.9 Å². The molecule has 1 fully saturated rings. The Bertz CT molecular complexity index is 548. The SMILES string of the molecule is CCC1C(=O)NC(=O)CN1c1nnccc1C(N)=S. The molecule has 19 heavy (non-hydrogen) atoms. The van der Waals surface area contributed by atoms with Crippen LogP contribution in [0.3, 0.4) is 0 Å². The highest BCUT2D eigenvalue weighted by atomic mass is 32.1. The number of imide groups is 1. The van der Waals surface area contributed by atoms with Gasteiger partial charge in [-0.2, -0.15) is 5.10 Å². The average Bonchev–Trinajstić information content (AvgIpc) is 2.37. The Morgan fingerprint density at radius 2 is 2.37 bits per heavy atom. The van der Waals surface area contributed by atoms with Crippen molar-refractivity contribution in [1.29, 1.82) is 0 Å². The molecule has 2 rings (SSSR count). The number of hydrogen-bond donors (Lipinski definition) is 2. The van der Waals surface area contributed by atoms with Gasteiger partial charge in [0.1, 0.15) is 11.0 Å². The summed E-state index contributed by atoms with van der Waals surface area (Å²) in [5.74, 6) is -0.363. The number of anilines is 1. The van der Waals surface area contributed by atoms with Crippen molar-refractivity contribution in [3.05, 3.63) is 17.8 Å². The standard InChI is InChI=1S/C11H13N5O2S/c1-2-7-11(18)14-8(17)5-16(7)10-6(9(12)19)3-4-13-15-10/h3-4,7H,2,5H2,1H3,(H2,12,19)(H,14,17,18). The van der Waals surface area contributed by atoms with Crippen LogP contribution < -0.4 is 16.0 Å². The van der Waals surface area contributed by atoms with E-state index in [1.165, 1.54) is 6.20 Å². The van der Waals surface area contributed by atoms with E-state index in [2.05, 4.69) is 15.5 Å². The van der Waals surface area contributed by atoms with Gasteiger partial charge in [-0.1, -0.05) is 19.1 Å². The Morgan fingerprint density at radius 1 is 1.63 bits per heavy atom. The van der Waals surface area contributed by atoms with Crippen LogP contribution >= 0.6 is 12.2 Å². The molecule has 1 aliphatic rings. The summed E-state index contributed by atoms with van der Waals surface area (Å²) in [5.41, 5.74) is 6.13. The lowest BCUT2D eigenvalue weighted by Crippen LogP contribution is -2.58. The van der Waals surface area contributed by atoms with Gasteiger partial charge in [0.05, 0.1) is 18.3 Å². The summed E-state index contributed by atoms with van der Waals surface area (Å²) in [6, 6.07) is 1.14. The molecule has 1 aromatic rings. The summed E-state index contributed by atoms with van der Waals surface area (Å²) in [6.45, 7) is 1.88. The van der Waals surface area contributed by atoms with Crippen molar-refractivity contribution in [3.8, 4) is 0 Å². The molecule has 100 valence electrons. The third-order valence-corrected chi connectivity index (χ3v) is 3.10. The molecule has 0 aromatic carbocycles. The number of rotatable bonds is 3. The van der Waals surface area contributed by atoms with Crippen LogP contribution in [-0.2, 0) is 9.59 Å². The number of nitrogens with zero attached hydrogens (tertiary/aromatic N) is 3. The molecule has 1 aromatic heterocycles. The zero-order valence-electron chi connectivity index (χ0n) is 10.3. The van der Waals surface area contributed by atoms with Crippen molar-refractivity contribution >= 4 is 34.8 Å². The van der Waals surface area contributed by atoms with Crippen LogP contribution in [0.2, 0.25) is 0 Å². The number of piperazine rings is 1. The van der Waals surface area contributed by atoms with Crippen LogP contribution in [0.15, 0.2) is 12.3 Å². The predicted molar refractivity (Wildman–Crippen MR) is 72.5 cm³/mol. The average molecular weight is 279 g/mol. The largest absolute Gasteiger partial charge is 0.389 e. The van der Waals surface area contributed by atoms with E-state index < -0.39 is 6.04 Å². The molecule has 3 N–H and O–H groups in total. The van der Waals surface area contributed by atoms with E-state index in [4.69, 9.17) is 18.0 Å². The molecule has 0 spiro atoms. The minimum Gasteiger partial charge on any atom is -0.389 e. The number of carbonyl (C=O) groups is 2. The molecule has 2 amide bonds. The second-order valence-electron chi connectivity index (χ2n) is 4.10. The van der Waals surface area contributed by atoms with Crippen molar-refractivity contribution in [2.75, 3.05) is 11.4 Å². The lowest BCUT2D eigenvalue weighted by Gasteiger charge is -2.34. The summed E-state index contributed by atoms with van der Waals surface area (Å²) in [6.07, 6.45) is 2.00. The van der Waals surface area contributed by atoms with Crippen molar-refractivity contribution in [1.82, 2.24) is 15.5 Å². The van der Waals surface area contributed by atoms with Gasteiger partial charge in [0, 0.05) is 0 Å². The summed E-state index contributed by atoms with van der Waals surface area (Å²) in [7, 11) is 0. The van der Waals surface area contributed by atoms with Gasteiger partial charge < -0.3 is 10.6 Å². The highest BCUT2D eigenvalue weighted by molar-refractivity contribution is 7.80. The van der Waals surface area contributed by atoms with Gasteiger partial charge in [-0.15, -0.1) is 5.10 Å². The first kappa shape index (κ1) is 13.3. The van der Waals surface area contributed by atoms with Crippen LogP contribution in [-0.4, -0.2) is 39.6 Å². The maximum atomic E-state index is 11.8. The summed E-state index contributed by atoms with van der Waals surface area (Å²) in [4.78, 5) is 25.1. The first-order chi connectivity index (χ1) is 9.04. The smallest absolute Gasteiger partial charge is 0.249 e. The molecule has 7 nitrogen and oxygen atoms in total. The fourth-order valence-corrected chi connectivity index (χ4v) is 2.18. The monoisotopic (exact) mass is 279 g/mol. The summed E-state index contributed by atoms with van der Waals surface area (Å²) >= 11 is 4.95. The van der Waals surface area contributed by atoms with Crippen LogP contribution in [0, 0.1) is 0 Å². The topological polar surface area (TPSA) is 101 Å². The first-order valence-corrected chi connectivity index (χ1v) is 6.17. The van der Waals surface area contributed by atoms with Crippen molar-refractivity contribution in [2.45, 2.75) is 19.4 Å². The number of nitrogens with one attached hydrogen (secondary N) is 1. The molecule has 1 unspecified atom stereocenters. The minimum absolute atomic E-state index is 0.0263.